The van der Waals surface area contributed by atoms with Gasteiger partial charge in [-0.3, -0.25) is 28.8 Å². The third-order valence-electron chi connectivity index (χ3n) is 8.57. The van der Waals surface area contributed by atoms with E-state index in [1.807, 2.05) is 18.2 Å². The van der Waals surface area contributed by atoms with Gasteiger partial charge >= 0.3 is 29.8 Å². The van der Waals surface area contributed by atoms with E-state index in [1.165, 1.54) is 31.5 Å². The van der Waals surface area contributed by atoms with Gasteiger partial charge in [-0.15, -0.1) is 0 Å². The van der Waals surface area contributed by atoms with Crippen LogP contribution >= 0.6 is 0 Å². The molecule has 14 nitrogen and oxygen atoms in total. The van der Waals surface area contributed by atoms with E-state index >= 15 is 0 Å². The molecule has 0 radical (unpaired) electrons. The van der Waals surface area contributed by atoms with Crippen molar-refractivity contribution in [1.29, 1.82) is 0 Å². The number of ether oxygens (including phenoxy) is 6. The number of amides is 1. The third kappa shape index (κ3) is 11.6. The maximum atomic E-state index is 13.2. The highest BCUT2D eigenvalue weighted by molar-refractivity contribution is 5.93. The largest absolute Gasteiger partial charge is 0.463 e. The minimum atomic E-state index is -1.61. The minimum absolute atomic E-state index is 0.0299. The van der Waals surface area contributed by atoms with Crippen molar-refractivity contribution < 1.29 is 62.0 Å². The second kappa shape index (κ2) is 20.2. The Morgan fingerprint density at radius 2 is 1.13 bits per heavy atom. The molecule has 3 aromatic carbocycles. The highest BCUT2D eigenvalue weighted by atomic mass is 16.8. The van der Waals surface area contributed by atoms with Gasteiger partial charge in [0, 0.05) is 31.2 Å². The highest BCUT2D eigenvalue weighted by Gasteiger charge is 2.53. The van der Waals surface area contributed by atoms with Gasteiger partial charge in [0.15, 0.2) is 18.3 Å². The van der Waals surface area contributed by atoms with Crippen LogP contribution in [0.15, 0.2) is 60.7 Å². The standard InChI is InChI=1S/C40H47NO13/c1-6-24-11-17-29-20-26(14-18-28(29)19-24)22-48-35(46)21-25-12-15-27(16-13-25)39(47)41-54-40-38(53-34(45)10-5)37(52-33(44)9-4)36(51-32(43)8-3)30(50-40)23-49-31(42)7-2/h11-20,30,36-38,40H,6-10,21-23H2,1-5H3,(H,41,47)/t30-,36+,37+,38-,40+/m1/s1. The van der Waals surface area contributed by atoms with Crippen LogP contribution in [-0.2, 0) is 76.7 Å². The molecule has 4 rings (SSSR count). The number of nitrogens with one attached hydrogen (secondary N) is 1. The maximum Gasteiger partial charge on any atom is 0.310 e. The van der Waals surface area contributed by atoms with Gasteiger partial charge in [0.2, 0.25) is 6.29 Å². The molecule has 1 heterocycles. The summed E-state index contributed by atoms with van der Waals surface area (Å²) in [5, 5.41) is 2.18. The second-order valence-electron chi connectivity index (χ2n) is 12.5. The third-order valence-corrected chi connectivity index (χ3v) is 8.57. The van der Waals surface area contributed by atoms with Crippen molar-refractivity contribution in [3.8, 4) is 0 Å². The molecule has 1 aliphatic heterocycles. The second-order valence-corrected chi connectivity index (χ2v) is 12.5. The van der Waals surface area contributed by atoms with Crippen LogP contribution in [0.3, 0.4) is 0 Å². The lowest BCUT2D eigenvalue weighted by molar-refractivity contribution is -0.317. The number of hydroxylamine groups is 1. The molecule has 5 atom stereocenters. The van der Waals surface area contributed by atoms with Gasteiger partial charge in [-0.25, -0.2) is 10.3 Å². The molecule has 1 fully saturated rings. The molecule has 3 aromatic rings. The number of carbonyl (C=O) groups excluding carboxylic acids is 6. The van der Waals surface area contributed by atoms with Crippen LogP contribution in [0.4, 0.5) is 0 Å². The van der Waals surface area contributed by atoms with Crippen LogP contribution in [0.5, 0.6) is 0 Å². The van der Waals surface area contributed by atoms with Crippen LogP contribution < -0.4 is 5.48 Å². The monoisotopic (exact) mass is 749 g/mol. The van der Waals surface area contributed by atoms with Crippen molar-refractivity contribution in [2.75, 3.05) is 6.61 Å². The Hall–Kier alpha value is -5.34. The number of benzene rings is 3. The number of fused-ring (bicyclic) bond motifs is 1. The molecule has 0 saturated carbocycles. The highest BCUT2D eigenvalue weighted by Crippen LogP contribution is 2.30. The Kier molecular flexibility index (Phi) is 15.5. The molecule has 290 valence electrons. The summed E-state index contributed by atoms with van der Waals surface area (Å²) in [6.45, 7) is 7.98. The molecule has 1 aliphatic rings. The summed E-state index contributed by atoms with van der Waals surface area (Å²) in [5.74, 6) is -3.89. The van der Waals surface area contributed by atoms with Crippen LogP contribution in [-0.4, -0.2) is 73.1 Å². The average Bonchev–Trinajstić information content (AvgIpc) is 3.19. The van der Waals surface area contributed by atoms with Crippen LogP contribution in [0.2, 0.25) is 0 Å². The average molecular weight is 750 g/mol. The molecule has 1 saturated heterocycles. The zero-order valence-corrected chi connectivity index (χ0v) is 31.1. The fraction of sp³-hybridized carbons (Fsp3) is 0.450. The molecule has 14 heteroatoms. The molecule has 0 aromatic heterocycles. The lowest BCUT2D eigenvalue weighted by Crippen LogP contribution is -2.63. The van der Waals surface area contributed by atoms with Crippen LogP contribution in [0.1, 0.15) is 87.4 Å². The van der Waals surface area contributed by atoms with Crippen molar-refractivity contribution in [2.45, 2.75) is 110 Å². The van der Waals surface area contributed by atoms with Gasteiger partial charge in [0.05, 0.1) is 6.42 Å². The normalized spacial score (nSPS) is 19.3. The number of hydrogen-bond acceptors (Lipinski definition) is 13. The smallest absolute Gasteiger partial charge is 0.310 e. The topological polar surface area (TPSA) is 179 Å². The lowest BCUT2D eigenvalue weighted by atomic mass is 9.98. The quantitative estimate of drug-likeness (QED) is 0.111. The van der Waals surface area contributed by atoms with Crippen molar-refractivity contribution in [3.05, 3.63) is 82.9 Å². The summed E-state index contributed by atoms with van der Waals surface area (Å²) < 4.78 is 33.5. The van der Waals surface area contributed by atoms with Crippen LogP contribution in [0.25, 0.3) is 10.8 Å². The van der Waals surface area contributed by atoms with E-state index in [9.17, 15) is 28.8 Å². The van der Waals surface area contributed by atoms with E-state index in [0.717, 1.165) is 22.8 Å². The van der Waals surface area contributed by atoms with Gasteiger partial charge in [0.1, 0.15) is 19.3 Å². The SMILES string of the molecule is CCC(=O)OC[C@H]1O[C@@H](ONC(=O)c2ccc(CC(=O)OCc3ccc4cc(CC)ccc4c3)cc2)[C@H](OC(=O)CC)[C@@H](OC(=O)CC)[C@H]1OC(=O)CC. The van der Waals surface area contributed by atoms with Crippen molar-refractivity contribution in [3.63, 3.8) is 0 Å². The molecule has 1 N–H and O–H groups in total. The Balaban J connectivity index is 1.43. The maximum absolute atomic E-state index is 13.2. The number of esters is 5. The molecule has 0 bridgehead atoms. The molecular formula is C40H47NO13. The minimum Gasteiger partial charge on any atom is -0.463 e. The predicted octanol–water partition coefficient (Wildman–Crippen LogP) is 4.99. The molecule has 1 amide bonds. The van der Waals surface area contributed by atoms with Gasteiger partial charge in [-0.2, -0.15) is 0 Å². The van der Waals surface area contributed by atoms with E-state index in [0.29, 0.717) is 5.56 Å². The number of aryl methyl sites for hydroxylation is 1. The van der Waals surface area contributed by atoms with Gasteiger partial charge in [-0.1, -0.05) is 77.1 Å². The molecule has 0 aliphatic carbocycles. The number of hydrogen-bond donors (Lipinski definition) is 1. The predicted molar refractivity (Wildman–Crippen MR) is 192 cm³/mol. The summed E-state index contributed by atoms with van der Waals surface area (Å²) in [7, 11) is 0. The summed E-state index contributed by atoms with van der Waals surface area (Å²) in [5.41, 5.74) is 5.11. The summed E-state index contributed by atoms with van der Waals surface area (Å²) >= 11 is 0. The van der Waals surface area contributed by atoms with E-state index < -0.39 is 73.1 Å². The van der Waals surface area contributed by atoms with Crippen molar-refractivity contribution >= 4 is 46.5 Å². The number of carbonyl (C=O) groups is 6. The fourth-order valence-corrected chi connectivity index (χ4v) is 5.47. The summed E-state index contributed by atoms with van der Waals surface area (Å²) in [6.07, 6.45) is -6.45. The first-order valence-corrected chi connectivity index (χ1v) is 18.1. The molecule has 0 spiro atoms. The zero-order chi connectivity index (χ0) is 39.2. The molecular weight excluding hydrogens is 702 g/mol. The summed E-state index contributed by atoms with van der Waals surface area (Å²) in [6, 6.07) is 18.3. The first kappa shape index (κ1) is 41.4. The number of rotatable bonds is 17. The Bertz CT molecular complexity index is 1790. The zero-order valence-electron chi connectivity index (χ0n) is 31.1. The Labute approximate surface area is 313 Å². The lowest BCUT2D eigenvalue weighted by Gasteiger charge is -2.43. The molecule has 54 heavy (non-hydrogen) atoms. The molecule has 0 unspecified atom stereocenters. The van der Waals surface area contributed by atoms with Crippen LogP contribution in [0, 0.1) is 0 Å². The Morgan fingerprint density at radius 1 is 0.593 bits per heavy atom. The van der Waals surface area contributed by atoms with Crippen molar-refractivity contribution in [2.24, 2.45) is 0 Å². The Morgan fingerprint density at radius 3 is 1.72 bits per heavy atom. The van der Waals surface area contributed by atoms with Crippen molar-refractivity contribution in [1.82, 2.24) is 5.48 Å². The van der Waals surface area contributed by atoms with E-state index in [4.69, 9.17) is 33.3 Å². The van der Waals surface area contributed by atoms with Gasteiger partial charge in [-0.05, 0) is 52.1 Å². The van der Waals surface area contributed by atoms with E-state index in [-0.39, 0.29) is 44.3 Å². The van der Waals surface area contributed by atoms with Gasteiger partial charge < -0.3 is 28.4 Å². The first-order valence-electron chi connectivity index (χ1n) is 18.1. The van der Waals surface area contributed by atoms with E-state index in [2.05, 4.69) is 30.6 Å². The first-order chi connectivity index (χ1) is 26.0. The fourth-order valence-electron chi connectivity index (χ4n) is 5.47. The summed E-state index contributed by atoms with van der Waals surface area (Å²) in [4.78, 5) is 81.0. The van der Waals surface area contributed by atoms with Gasteiger partial charge in [0.25, 0.3) is 5.91 Å². The van der Waals surface area contributed by atoms with E-state index in [1.54, 1.807) is 26.0 Å².